The summed E-state index contributed by atoms with van der Waals surface area (Å²) < 4.78 is 5.85. The molecule has 0 radical (unpaired) electrons. The topological polar surface area (TPSA) is 99.0 Å². The van der Waals surface area contributed by atoms with Gasteiger partial charge in [-0.05, 0) is 12.1 Å². The summed E-state index contributed by atoms with van der Waals surface area (Å²) in [5.74, 6) is -0.888. The molecular weight excluding hydrogens is 286 g/mol. The Kier molecular flexibility index (Phi) is 4.26. The first kappa shape index (κ1) is 13.9. The van der Waals surface area contributed by atoms with E-state index in [1.165, 1.54) is 36.3 Å². The van der Waals surface area contributed by atoms with Crippen molar-refractivity contribution in [3.8, 4) is 0 Å². The normalized spacial score (nSPS) is 10.1. The van der Waals surface area contributed by atoms with Crippen molar-refractivity contribution in [1.29, 1.82) is 0 Å². The minimum Gasteiger partial charge on any atom is -0.468 e. The first-order valence-corrected chi connectivity index (χ1v) is 5.86. The van der Waals surface area contributed by atoms with E-state index in [9.17, 15) is 9.59 Å². The quantitative estimate of drug-likeness (QED) is 0.836. The molecule has 0 aliphatic carbocycles. The van der Waals surface area contributed by atoms with Gasteiger partial charge in [-0.15, -0.1) is 10.2 Å². The van der Waals surface area contributed by atoms with Crippen LogP contribution >= 0.6 is 11.6 Å². The van der Waals surface area contributed by atoms with Gasteiger partial charge in [0.15, 0.2) is 10.8 Å². The minimum absolute atomic E-state index is 0.0346. The van der Waals surface area contributed by atoms with Crippen molar-refractivity contribution in [2.75, 3.05) is 12.4 Å². The zero-order chi connectivity index (χ0) is 14.5. The standard InChI is InChI=1S/C11H10ClN5O3/c1-20-10(18)6-17-5-7(4-13-17)14-11(19)8-2-3-9(12)16-15-8/h2-5H,6H2,1H3,(H,14,19). The third-order valence-electron chi connectivity index (χ3n) is 2.27. The molecule has 0 aliphatic heterocycles. The molecular formula is C11H10ClN5O3. The number of aromatic nitrogens is 4. The monoisotopic (exact) mass is 295 g/mol. The molecule has 0 saturated heterocycles. The number of nitrogens with zero attached hydrogens (tertiary/aromatic N) is 4. The zero-order valence-corrected chi connectivity index (χ0v) is 11.2. The van der Waals surface area contributed by atoms with Crippen LogP contribution in [0.3, 0.4) is 0 Å². The van der Waals surface area contributed by atoms with Gasteiger partial charge in [-0.1, -0.05) is 11.6 Å². The van der Waals surface area contributed by atoms with Gasteiger partial charge < -0.3 is 10.1 Å². The number of carbonyl (C=O) groups excluding carboxylic acids is 2. The number of ether oxygens (including phenoxy) is 1. The molecule has 8 nitrogen and oxygen atoms in total. The first-order chi connectivity index (χ1) is 9.58. The Labute approximate surface area is 118 Å². The largest absolute Gasteiger partial charge is 0.468 e. The highest BCUT2D eigenvalue weighted by Crippen LogP contribution is 2.08. The predicted molar refractivity (Wildman–Crippen MR) is 69.2 cm³/mol. The number of halogens is 1. The molecule has 0 spiro atoms. The van der Waals surface area contributed by atoms with E-state index in [-0.39, 0.29) is 17.4 Å². The number of hydrogen-bond donors (Lipinski definition) is 1. The Morgan fingerprint density at radius 2 is 2.20 bits per heavy atom. The fraction of sp³-hybridized carbons (Fsp3) is 0.182. The lowest BCUT2D eigenvalue weighted by Crippen LogP contribution is -2.14. The lowest BCUT2D eigenvalue weighted by atomic mass is 10.3. The lowest BCUT2D eigenvalue weighted by Gasteiger charge is -2.01. The molecule has 1 amide bonds. The molecule has 2 aromatic heterocycles. The van der Waals surface area contributed by atoms with Gasteiger partial charge in [-0.25, -0.2) is 0 Å². The molecule has 104 valence electrons. The molecule has 0 bridgehead atoms. The molecule has 1 N–H and O–H groups in total. The van der Waals surface area contributed by atoms with Gasteiger partial charge in [0, 0.05) is 6.20 Å². The number of rotatable bonds is 4. The van der Waals surface area contributed by atoms with Gasteiger partial charge in [-0.3, -0.25) is 14.3 Å². The maximum absolute atomic E-state index is 11.8. The number of methoxy groups -OCH3 is 1. The van der Waals surface area contributed by atoms with E-state index in [1.807, 2.05) is 0 Å². The third kappa shape index (κ3) is 3.51. The summed E-state index contributed by atoms with van der Waals surface area (Å²) >= 11 is 5.58. The second-order valence-electron chi connectivity index (χ2n) is 3.70. The van der Waals surface area contributed by atoms with Crippen LogP contribution in [0.2, 0.25) is 5.15 Å². The van der Waals surface area contributed by atoms with Crippen LogP contribution in [-0.2, 0) is 16.1 Å². The molecule has 2 aromatic rings. The third-order valence-corrected chi connectivity index (χ3v) is 2.48. The van der Waals surface area contributed by atoms with Crippen molar-refractivity contribution >= 4 is 29.2 Å². The molecule has 0 aliphatic rings. The second-order valence-corrected chi connectivity index (χ2v) is 4.09. The Morgan fingerprint density at radius 3 is 2.85 bits per heavy atom. The van der Waals surface area contributed by atoms with Gasteiger partial charge >= 0.3 is 5.97 Å². The molecule has 20 heavy (non-hydrogen) atoms. The fourth-order valence-corrected chi connectivity index (χ4v) is 1.44. The molecule has 2 heterocycles. The second kappa shape index (κ2) is 6.11. The summed E-state index contributed by atoms with van der Waals surface area (Å²) in [4.78, 5) is 22.9. The van der Waals surface area contributed by atoms with Gasteiger partial charge in [0.05, 0.1) is 19.0 Å². The highest BCUT2D eigenvalue weighted by molar-refractivity contribution is 6.29. The molecule has 0 saturated carbocycles. The van der Waals surface area contributed by atoms with E-state index in [4.69, 9.17) is 11.6 Å². The molecule has 0 aromatic carbocycles. The Morgan fingerprint density at radius 1 is 1.40 bits per heavy atom. The molecule has 2 rings (SSSR count). The number of anilines is 1. The molecule has 9 heteroatoms. The van der Waals surface area contributed by atoms with E-state index in [2.05, 4.69) is 25.3 Å². The van der Waals surface area contributed by atoms with E-state index >= 15 is 0 Å². The number of amides is 1. The van der Waals surface area contributed by atoms with Crippen molar-refractivity contribution in [2.24, 2.45) is 0 Å². The van der Waals surface area contributed by atoms with Crippen LogP contribution in [0.5, 0.6) is 0 Å². The van der Waals surface area contributed by atoms with Crippen LogP contribution in [0, 0.1) is 0 Å². The predicted octanol–water partition coefficient (Wildman–Crippen LogP) is 0.752. The summed E-state index contributed by atoms with van der Waals surface area (Å²) in [6.07, 6.45) is 2.91. The highest BCUT2D eigenvalue weighted by Gasteiger charge is 2.10. The van der Waals surface area contributed by atoms with Crippen molar-refractivity contribution in [3.63, 3.8) is 0 Å². The van der Waals surface area contributed by atoms with E-state index in [0.29, 0.717) is 5.69 Å². The summed E-state index contributed by atoms with van der Waals surface area (Å²) in [5, 5.41) is 13.9. The van der Waals surface area contributed by atoms with E-state index in [1.54, 1.807) is 0 Å². The number of esters is 1. The lowest BCUT2D eigenvalue weighted by molar-refractivity contribution is -0.141. The average molecular weight is 296 g/mol. The number of nitrogens with one attached hydrogen (secondary N) is 1. The zero-order valence-electron chi connectivity index (χ0n) is 10.4. The van der Waals surface area contributed by atoms with Crippen LogP contribution in [0.1, 0.15) is 10.5 Å². The van der Waals surface area contributed by atoms with Gasteiger partial charge in [0.1, 0.15) is 6.54 Å². The van der Waals surface area contributed by atoms with Gasteiger partial charge in [-0.2, -0.15) is 5.10 Å². The number of hydrogen-bond acceptors (Lipinski definition) is 6. The Hall–Kier alpha value is -2.48. The summed E-state index contributed by atoms with van der Waals surface area (Å²) in [6, 6.07) is 2.91. The van der Waals surface area contributed by atoms with E-state index in [0.717, 1.165) is 0 Å². The minimum atomic E-state index is -0.452. The Balaban J connectivity index is 2.01. The van der Waals surface area contributed by atoms with Crippen molar-refractivity contribution in [3.05, 3.63) is 35.4 Å². The maximum Gasteiger partial charge on any atom is 0.327 e. The molecule has 0 unspecified atom stereocenters. The highest BCUT2D eigenvalue weighted by atomic mass is 35.5. The smallest absolute Gasteiger partial charge is 0.327 e. The van der Waals surface area contributed by atoms with Crippen LogP contribution in [0.25, 0.3) is 0 Å². The van der Waals surface area contributed by atoms with Crippen molar-refractivity contribution in [1.82, 2.24) is 20.0 Å². The SMILES string of the molecule is COC(=O)Cn1cc(NC(=O)c2ccc(Cl)nn2)cn1. The number of carbonyl (C=O) groups is 2. The van der Waals surface area contributed by atoms with Crippen molar-refractivity contribution in [2.45, 2.75) is 6.54 Å². The van der Waals surface area contributed by atoms with Crippen molar-refractivity contribution < 1.29 is 14.3 Å². The molecule has 0 fully saturated rings. The van der Waals surface area contributed by atoms with Crippen LogP contribution < -0.4 is 5.32 Å². The van der Waals surface area contributed by atoms with Crippen LogP contribution in [-0.4, -0.2) is 39.0 Å². The first-order valence-electron chi connectivity index (χ1n) is 5.48. The average Bonchev–Trinajstić information content (AvgIpc) is 2.86. The summed E-state index contributed by atoms with van der Waals surface area (Å²) in [5.41, 5.74) is 0.547. The summed E-state index contributed by atoms with van der Waals surface area (Å²) in [6.45, 7) is -0.0346. The molecule has 0 atom stereocenters. The van der Waals surface area contributed by atoms with Gasteiger partial charge in [0.2, 0.25) is 0 Å². The summed E-state index contributed by atoms with van der Waals surface area (Å²) in [7, 11) is 1.29. The van der Waals surface area contributed by atoms with Crippen LogP contribution in [0.15, 0.2) is 24.5 Å². The van der Waals surface area contributed by atoms with Crippen LogP contribution in [0.4, 0.5) is 5.69 Å². The van der Waals surface area contributed by atoms with E-state index < -0.39 is 11.9 Å². The Bertz CT molecular complexity index is 625. The van der Waals surface area contributed by atoms with Gasteiger partial charge in [0.25, 0.3) is 5.91 Å². The fourth-order valence-electron chi connectivity index (χ4n) is 1.34. The maximum atomic E-state index is 11.8.